The molecule has 0 bridgehead atoms. The van der Waals surface area contributed by atoms with Crippen molar-refractivity contribution >= 4 is 0 Å². The fraction of sp³-hybridized carbons (Fsp3) is 0.368. The molecule has 1 fully saturated rings. The highest BCUT2D eigenvalue weighted by Gasteiger charge is 2.50. The molecule has 0 spiro atoms. The van der Waals surface area contributed by atoms with E-state index in [1.807, 2.05) is 106 Å². The standard InChI is InChI=1S/C38H44O6/c1-38(2,3)44-37-36(42-27-32-22-14-7-15-23-32)35(41-26-31-20-12-6-13-21-31)34(40-25-30-18-10-5-11-19-30)33(43-37)28-39-24-29-16-8-4-9-17-29/h4-23,33-37H,24-28H2,1-3H3/t33-,34-,35+,36+,37-/m1/s1. The van der Waals surface area contributed by atoms with Crippen LogP contribution < -0.4 is 0 Å². The third-order valence-electron chi connectivity index (χ3n) is 7.31. The summed E-state index contributed by atoms with van der Waals surface area (Å²) in [7, 11) is 0. The first-order chi connectivity index (χ1) is 21.4. The van der Waals surface area contributed by atoms with Crippen molar-refractivity contribution in [2.24, 2.45) is 0 Å². The first kappa shape index (κ1) is 32.0. The topological polar surface area (TPSA) is 55.4 Å². The SMILES string of the molecule is CC(C)(C)O[C@H]1O[C@H](COCc2ccccc2)[C@@H](OCc2ccccc2)[C@H](OCc2ccccc2)[C@@H]1OCc1ccccc1. The molecule has 5 atom stereocenters. The van der Waals surface area contributed by atoms with Crippen molar-refractivity contribution in [2.45, 2.75) is 83.5 Å². The lowest BCUT2D eigenvalue weighted by Crippen LogP contribution is -2.62. The van der Waals surface area contributed by atoms with Crippen molar-refractivity contribution < 1.29 is 28.4 Å². The van der Waals surface area contributed by atoms with Crippen molar-refractivity contribution in [3.05, 3.63) is 144 Å². The zero-order valence-corrected chi connectivity index (χ0v) is 25.9. The summed E-state index contributed by atoms with van der Waals surface area (Å²) in [5.41, 5.74) is 3.78. The molecule has 0 radical (unpaired) electrons. The molecule has 6 nitrogen and oxygen atoms in total. The molecule has 0 aliphatic carbocycles. The van der Waals surface area contributed by atoms with Crippen LogP contribution in [0.1, 0.15) is 43.0 Å². The Bertz CT molecular complexity index is 1340. The van der Waals surface area contributed by atoms with Crippen LogP contribution in [0.2, 0.25) is 0 Å². The van der Waals surface area contributed by atoms with E-state index in [0.29, 0.717) is 33.0 Å². The van der Waals surface area contributed by atoms with E-state index in [0.717, 1.165) is 22.3 Å². The van der Waals surface area contributed by atoms with Gasteiger partial charge in [-0.15, -0.1) is 0 Å². The van der Waals surface area contributed by atoms with E-state index in [1.54, 1.807) is 0 Å². The molecule has 0 saturated carbocycles. The second-order valence-electron chi connectivity index (χ2n) is 12.1. The lowest BCUT2D eigenvalue weighted by atomic mass is 9.97. The first-order valence-corrected chi connectivity index (χ1v) is 15.4. The van der Waals surface area contributed by atoms with Gasteiger partial charge in [-0.1, -0.05) is 121 Å². The van der Waals surface area contributed by atoms with E-state index in [2.05, 4.69) is 36.4 Å². The van der Waals surface area contributed by atoms with Crippen molar-refractivity contribution in [2.75, 3.05) is 6.61 Å². The zero-order chi connectivity index (χ0) is 30.6. The molecule has 44 heavy (non-hydrogen) atoms. The molecule has 4 aromatic carbocycles. The van der Waals surface area contributed by atoms with Crippen LogP contribution in [0.25, 0.3) is 0 Å². The van der Waals surface area contributed by atoms with Gasteiger partial charge in [0.1, 0.15) is 24.4 Å². The molecule has 232 valence electrons. The largest absolute Gasteiger partial charge is 0.374 e. The monoisotopic (exact) mass is 596 g/mol. The quantitative estimate of drug-likeness (QED) is 0.150. The fourth-order valence-corrected chi connectivity index (χ4v) is 5.19. The van der Waals surface area contributed by atoms with Gasteiger partial charge in [-0.05, 0) is 43.0 Å². The van der Waals surface area contributed by atoms with Gasteiger partial charge in [0.2, 0.25) is 0 Å². The molecule has 1 aliphatic heterocycles. The number of hydrogen-bond acceptors (Lipinski definition) is 6. The predicted molar refractivity (Wildman–Crippen MR) is 171 cm³/mol. The van der Waals surface area contributed by atoms with E-state index in [-0.39, 0.29) is 0 Å². The van der Waals surface area contributed by atoms with Crippen LogP contribution >= 0.6 is 0 Å². The van der Waals surface area contributed by atoms with Gasteiger partial charge in [-0.2, -0.15) is 0 Å². The Morgan fingerprint density at radius 1 is 0.500 bits per heavy atom. The summed E-state index contributed by atoms with van der Waals surface area (Å²) in [5.74, 6) is 0. The Hall–Kier alpha value is -3.36. The summed E-state index contributed by atoms with van der Waals surface area (Å²) in [6, 6.07) is 40.5. The molecule has 0 aromatic heterocycles. The smallest absolute Gasteiger partial charge is 0.187 e. The Labute approximate surface area is 261 Å². The number of hydrogen-bond donors (Lipinski definition) is 0. The molecule has 6 heteroatoms. The fourth-order valence-electron chi connectivity index (χ4n) is 5.19. The maximum absolute atomic E-state index is 6.75. The van der Waals surface area contributed by atoms with Crippen molar-refractivity contribution in [3.63, 3.8) is 0 Å². The molecule has 4 aromatic rings. The molecule has 5 rings (SSSR count). The third kappa shape index (κ3) is 9.83. The Morgan fingerprint density at radius 3 is 1.32 bits per heavy atom. The van der Waals surface area contributed by atoms with Gasteiger partial charge in [-0.25, -0.2) is 0 Å². The van der Waals surface area contributed by atoms with Gasteiger partial charge < -0.3 is 28.4 Å². The highest BCUT2D eigenvalue weighted by atomic mass is 16.7. The van der Waals surface area contributed by atoms with Crippen molar-refractivity contribution in [3.8, 4) is 0 Å². The average molecular weight is 597 g/mol. The Kier molecular flexibility index (Phi) is 11.7. The lowest BCUT2D eigenvalue weighted by molar-refractivity contribution is -0.344. The molecule has 1 heterocycles. The van der Waals surface area contributed by atoms with Gasteiger partial charge in [0, 0.05) is 0 Å². The van der Waals surface area contributed by atoms with Gasteiger partial charge in [0.25, 0.3) is 0 Å². The number of benzene rings is 4. The molecule has 0 N–H and O–H groups in total. The molecule has 0 unspecified atom stereocenters. The van der Waals surface area contributed by atoms with E-state index < -0.39 is 36.3 Å². The maximum Gasteiger partial charge on any atom is 0.187 e. The summed E-state index contributed by atoms with van der Waals surface area (Å²) >= 11 is 0. The molecular weight excluding hydrogens is 552 g/mol. The van der Waals surface area contributed by atoms with Gasteiger partial charge >= 0.3 is 0 Å². The Balaban J connectivity index is 1.44. The number of rotatable bonds is 14. The minimum atomic E-state index is -0.707. The highest BCUT2D eigenvalue weighted by Crippen LogP contribution is 2.33. The Morgan fingerprint density at radius 2 is 0.886 bits per heavy atom. The maximum atomic E-state index is 6.75. The molecule has 1 saturated heterocycles. The van der Waals surface area contributed by atoms with E-state index >= 15 is 0 Å². The summed E-state index contributed by atoms with van der Waals surface area (Å²) in [5, 5.41) is 0. The van der Waals surface area contributed by atoms with Crippen LogP contribution in [-0.4, -0.2) is 42.9 Å². The van der Waals surface area contributed by atoms with Gasteiger partial charge in [0.05, 0.1) is 38.6 Å². The van der Waals surface area contributed by atoms with Gasteiger partial charge in [-0.3, -0.25) is 0 Å². The minimum Gasteiger partial charge on any atom is -0.374 e. The van der Waals surface area contributed by atoms with Crippen molar-refractivity contribution in [1.82, 2.24) is 0 Å². The van der Waals surface area contributed by atoms with Crippen LogP contribution in [0.15, 0.2) is 121 Å². The highest BCUT2D eigenvalue weighted by molar-refractivity contribution is 5.16. The van der Waals surface area contributed by atoms with Gasteiger partial charge in [0.15, 0.2) is 6.29 Å². The van der Waals surface area contributed by atoms with Crippen LogP contribution in [0.3, 0.4) is 0 Å². The molecule has 1 aliphatic rings. The predicted octanol–water partition coefficient (Wildman–Crippen LogP) is 7.50. The van der Waals surface area contributed by atoms with Crippen LogP contribution in [0.4, 0.5) is 0 Å². The summed E-state index contributed by atoms with van der Waals surface area (Å²) < 4.78 is 39.5. The second kappa shape index (κ2) is 16.1. The molecular formula is C38H44O6. The first-order valence-electron chi connectivity index (χ1n) is 15.4. The average Bonchev–Trinajstić information content (AvgIpc) is 3.04. The zero-order valence-electron chi connectivity index (χ0n) is 25.9. The van der Waals surface area contributed by atoms with Crippen LogP contribution in [0.5, 0.6) is 0 Å². The third-order valence-corrected chi connectivity index (χ3v) is 7.31. The van der Waals surface area contributed by atoms with Crippen molar-refractivity contribution in [1.29, 1.82) is 0 Å². The summed E-state index contributed by atoms with van der Waals surface area (Å²) in [6.45, 7) is 7.98. The van der Waals surface area contributed by atoms with E-state index in [9.17, 15) is 0 Å². The normalized spacial score (nSPS) is 22.1. The van der Waals surface area contributed by atoms with Crippen LogP contribution in [-0.2, 0) is 54.8 Å². The second-order valence-corrected chi connectivity index (χ2v) is 12.1. The number of ether oxygens (including phenoxy) is 6. The van der Waals surface area contributed by atoms with E-state index in [1.165, 1.54) is 0 Å². The summed E-state index contributed by atoms with van der Waals surface area (Å²) in [4.78, 5) is 0. The molecule has 0 amide bonds. The lowest BCUT2D eigenvalue weighted by Gasteiger charge is -2.47. The summed E-state index contributed by atoms with van der Waals surface area (Å²) in [6.07, 6.45) is -2.73. The van der Waals surface area contributed by atoms with E-state index in [4.69, 9.17) is 28.4 Å². The minimum absolute atomic E-state index is 0.301. The van der Waals surface area contributed by atoms with Crippen LogP contribution in [0, 0.1) is 0 Å².